The van der Waals surface area contributed by atoms with E-state index in [1.165, 1.54) is 6.07 Å². The molecule has 0 aliphatic rings. The van der Waals surface area contributed by atoms with Crippen molar-refractivity contribution in [2.45, 2.75) is 19.3 Å². The Morgan fingerprint density at radius 3 is 2.50 bits per heavy atom. The number of nitrogens with two attached hydrogens (primary N) is 1. The monoisotopic (exact) mass is 219 g/mol. The quantitative estimate of drug-likeness (QED) is 0.612. The molecule has 0 bridgehead atoms. The third-order valence-corrected chi connectivity index (χ3v) is 2.28. The average Bonchev–Trinajstić information content (AvgIpc) is 2.14. The number of unbranched alkanes of at least 4 members (excludes halogenated alkanes) is 1. The van der Waals surface area contributed by atoms with E-state index < -0.39 is 11.6 Å². The molecule has 0 spiro atoms. The van der Waals surface area contributed by atoms with Gasteiger partial charge in [0.2, 0.25) is 0 Å². The van der Waals surface area contributed by atoms with Gasteiger partial charge in [-0.1, -0.05) is 11.6 Å². The van der Waals surface area contributed by atoms with Crippen molar-refractivity contribution in [3.63, 3.8) is 0 Å². The first-order valence-corrected chi connectivity index (χ1v) is 4.86. The van der Waals surface area contributed by atoms with Gasteiger partial charge in [-0.15, -0.1) is 0 Å². The van der Waals surface area contributed by atoms with Crippen LogP contribution in [0.5, 0.6) is 0 Å². The van der Waals surface area contributed by atoms with Gasteiger partial charge in [-0.25, -0.2) is 8.78 Å². The Kier molecular flexibility index (Phi) is 4.29. The SMILES string of the molecule is NCCCCc1cc(Cl)c(F)cc1F. The van der Waals surface area contributed by atoms with Crippen molar-refractivity contribution < 1.29 is 8.78 Å². The molecule has 0 saturated carbocycles. The third-order valence-electron chi connectivity index (χ3n) is 1.99. The number of benzene rings is 1. The van der Waals surface area contributed by atoms with Crippen molar-refractivity contribution in [1.29, 1.82) is 0 Å². The number of hydrogen-bond donors (Lipinski definition) is 1. The molecule has 0 radical (unpaired) electrons. The van der Waals surface area contributed by atoms with Crippen molar-refractivity contribution >= 4 is 11.6 Å². The molecular formula is C10H12ClF2N. The third kappa shape index (κ3) is 2.93. The normalized spacial score (nSPS) is 10.6. The summed E-state index contributed by atoms with van der Waals surface area (Å²) < 4.78 is 25.9. The summed E-state index contributed by atoms with van der Waals surface area (Å²) in [7, 11) is 0. The Morgan fingerprint density at radius 2 is 1.86 bits per heavy atom. The van der Waals surface area contributed by atoms with E-state index in [1.807, 2.05) is 0 Å². The maximum absolute atomic E-state index is 13.1. The van der Waals surface area contributed by atoms with Gasteiger partial charge in [-0.3, -0.25) is 0 Å². The molecule has 0 saturated heterocycles. The second kappa shape index (κ2) is 5.27. The molecule has 4 heteroatoms. The molecule has 14 heavy (non-hydrogen) atoms. The van der Waals surface area contributed by atoms with E-state index >= 15 is 0 Å². The minimum Gasteiger partial charge on any atom is -0.330 e. The molecule has 0 aliphatic carbocycles. The molecule has 0 fully saturated rings. The Labute approximate surface area is 86.9 Å². The zero-order valence-corrected chi connectivity index (χ0v) is 8.45. The Hall–Kier alpha value is -0.670. The summed E-state index contributed by atoms with van der Waals surface area (Å²) in [5.41, 5.74) is 5.75. The summed E-state index contributed by atoms with van der Waals surface area (Å²) >= 11 is 5.53. The van der Waals surface area contributed by atoms with Crippen LogP contribution < -0.4 is 5.73 Å². The first-order valence-electron chi connectivity index (χ1n) is 4.48. The summed E-state index contributed by atoms with van der Waals surface area (Å²) in [4.78, 5) is 0. The molecule has 0 aliphatic heterocycles. The van der Waals surface area contributed by atoms with Crippen molar-refractivity contribution in [2.75, 3.05) is 6.54 Å². The zero-order valence-electron chi connectivity index (χ0n) is 7.69. The van der Waals surface area contributed by atoms with Gasteiger partial charge in [0.1, 0.15) is 11.6 Å². The predicted octanol–water partition coefficient (Wildman–Crippen LogP) is 2.90. The highest BCUT2D eigenvalue weighted by molar-refractivity contribution is 6.30. The van der Waals surface area contributed by atoms with Crippen molar-refractivity contribution in [3.05, 3.63) is 34.4 Å². The topological polar surface area (TPSA) is 26.0 Å². The molecule has 78 valence electrons. The average molecular weight is 220 g/mol. The maximum Gasteiger partial charge on any atom is 0.144 e. The second-order valence-corrected chi connectivity index (χ2v) is 3.51. The van der Waals surface area contributed by atoms with E-state index in [0.717, 1.165) is 18.9 Å². The molecule has 0 unspecified atom stereocenters. The van der Waals surface area contributed by atoms with Gasteiger partial charge in [0.05, 0.1) is 5.02 Å². The van der Waals surface area contributed by atoms with Crippen LogP contribution in [0, 0.1) is 11.6 Å². The lowest BCUT2D eigenvalue weighted by atomic mass is 10.1. The summed E-state index contributed by atoms with van der Waals surface area (Å²) in [6.45, 7) is 0.580. The molecule has 1 aromatic carbocycles. The standard InChI is InChI=1S/C10H12ClF2N/c11-8-5-7(3-1-2-4-14)9(12)6-10(8)13/h5-6H,1-4,14H2. The minimum atomic E-state index is -0.716. The molecule has 0 atom stereocenters. The fourth-order valence-corrected chi connectivity index (χ4v) is 1.40. The highest BCUT2D eigenvalue weighted by atomic mass is 35.5. The van der Waals surface area contributed by atoms with Crippen LogP contribution in [0.2, 0.25) is 5.02 Å². The molecular weight excluding hydrogens is 208 g/mol. The highest BCUT2D eigenvalue weighted by Gasteiger charge is 2.07. The molecule has 0 heterocycles. The molecule has 0 amide bonds. The largest absolute Gasteiger partial charge is 0.330 e. The lowest BCUT2D eigenvalue weighted by Crippen LogP contribution is -2.00. The summed E-state index contributed by atoms with van der Waals surface area (Å²) in [5, 5.41) is -0.0332. The molecule has 1 rings (SSSR count). The summed E-state index contributed by atoms with van der Waals surface area (Å²) in [5.74, 6) is -1.25. The Morgan fingerprint density at radius 1 is 1.14 bits per heavy atom. The van der Waals surface area contributed by atoms with Crippen LogP contribution in [0.1, 0.15) is 18.4 Å². The Bertz CT molecular complexity index is 315. The Balaban J connectivity index is 2.72. The molecule has 1 aromatic rings. The van der Waals surface area contributed by atoms with E-state index in [9.17, 15) is 8.78 Å². The van der Waals surface area contributed by atoms with Gasteiger partial charge >= 0.3 is 0 Å². The zero-order chi connectivity index (χ0) is 10.6. The molecule has 1 nitrogen and oxygen atoms in total. The van der Waals surface area contributed by atoms with Crippen LogP contribution in [-0.4, -0.2) is 6.54 Å². The van der Waals surface area contributed by atoms with Gasteiger partial charge in [0, 0.05) is 6.07 Å². The smallest absolute Gasteiger partial charge is 0.144 e. The number of halogens is 3. The summed E-state index contributed by atoms with van der Waals surface area (Å²) in [6, 6.07) is 2.16. The number of hydrogen-bond acceptors (Lipinski definition) is 1. The first-order chi connectivity index (χ1) is 6.65. The summed E-state index contributed by atoms with van der Waals surface area (Å²) in [6.07, 6.45) is 2.16. The van der Waals surface area contributed by atoms with Crippen molar-refractivity contribution in [2.24, 2.45) is 5.73 Å². The van der Waals surface area contributed by atoms with Crippen LogP contribution in [0.25, 0.3) is 0 Å². The molecule has 0 aromatic heterocycles. The van der Waals surface area contributed by atoms with Crippen molar-refractivity contribution in [3.8, 4) is 0 Å². The van der Waals surface area contributed by atoms with Crippen LogP contribution in [0.3, 0.4) is 0 Å². The second-order valence-electron chi connectivity index (χ2n) is 3.10. The van der Waals surface area contributed by atoms with Crippen molar-refractivity contribution in [1.82, 2.24) is 0 Å². The van der Waals surface area contributed by atoms with E-state index in [1.54, 1.807) is 0 Å². The molecule has 2 N–H and O–H groups in total. The van der Waals surface area contributed by atoms with Gasteiger partial charge in [0.25, 0.3) is 0 Å². The highest BCUT2D eigenvalue weighted by Crippen LogP contribution is 2.20. The van der Waals surface area contributed by atoms with E-state index in [2.05, 4.69) is 0 Å². The lowest BCUT2D eigenvalue weighted by molar-refractivity contribution is 0.567. The lowest BCUT2D eigenvalue weighted by Gasteiger charge is -2.04. The number of aryl methyl sites for hydroxylation is 1. The van der Waals surface area contributed by atoms with Gasteiger partial charge in [0.15, 0.2) is 0 Å². The van der Waals surface area contributed by atoms with Gasteiger partial charge < -0.3 is 5.73 Å². The predicted molar refractivity (Wildman–Crippen MR) is 53.4 cm³/mol. The fourth-order valence-electron chi connectivity index (χ4n) is 1.22. The van der Waals surface area contributed by atoms with Crippen LogP contribution >= 0.6 is 11.6 Å². The number of rotatable bonds is 4. The van der Waals surface area contributed by atoms with Gasteiger partial charge in [-0.2, -0.15) is 0 Å². The first kappa shape index (κ1) is 11.4. The van der Waals surface area contributed by atoms with Crippen LogP contribution in [0.15, 0.2) is 12.1 Å². The van der Waals surface area contributed by atoms with Crippen LogP contribution in [0.4, 0.5) is 8.78 Å². The minimum absolute atomic E-state index is 0.0332. The van der Waals surface area contributed by atoms with Gasteiger partial charge in [-0.05, 0) is 37.4 Å². The van der Waals surface area contributed by atoms with E-state index in [0.29, 0.717) is 18.5 Å². The van der Waals surface area contributed by atoms with E-state index in [4.69, 9.17) is 17.3 Å². The van der Waals surface area contributed by atoms with E-state index in [-0.39, 0.29) is 5.02 Å². The maximum atomic E-state index is 13.1. The van der Waals surface area contributed by atoms with Crippen LogP contribution in [-0.2, 0) is 6.42 Å². The fraction of sp³-hybridized carbons (Fsp3) is 0.400.